The predicted molar refractivity (Wildman–Crippen MR) is 146 cm³/mol. The number of hydrogen-bond donors (Lipinski definition) is 1. The summed E-state index contributed by atoms with van der Waals surface area (Å²) in [7, 11) is 1.66. The molecule has 1 aliphatic carbocycles. The van der Waals surface area contributed by atoms with E-state index in [-0.39, 0.29) is 11.6 Å². The van der Waals surface area contributed by atoms with Crippen LogP contribution in [0.15, 0.2) is 47.3 Å². The second kappa shape index (κ2) is 11.1. The molecule has 1 N–H and O–H groups in total. The van der Waals surface area contributed by atoms with Gasteiger partial charge in [-0.25, -0.2) is 4.68 Å². The first-order valence-electron chi connectivity index (χ1n) is 13.7. The van der Waals surface area contributed by atoms with Gasteiger partial charge >= 0.3 is 0 Å². The lowest BCUT2D eigenvalue weighted by Gasteiger charge is -2.35. The van der Waals surface area contributed by atoms with Crippen molar-refractivity contribution in [3.63, 3.8) is 0 Å². The highest BCUT2D eigenvalue weighted by Crippen LogP contribution is 2.36. The van der Waals surface area contributed by atoms with Crippen molar-refractivity contribution in [3.05, 3.63) is 69.8 Å². The van der Waals surface area contributed by atoms with Crippen molar-refractivity contribution in [1.29, 1.82) is 0 Å². The summed E-state index contributed by atoms with van der Waals surface area (Å²) in [6, 6.07) is 14.1. The second-order valence-electron chi connectivity index (χ2n) is 10.3. The Morgan fingerprint density at radius 3 is 2.56 bits per heavy atom. The van der Waals surface area contributed by atoms with Crippen LogP contribution in [0, 0.1) is 0 Å². The number of pyridine rings is 1. The maximum absolute atomic E-state index is 13.3. The Morgan fingerprint density at radius 2 is 1.85 bits per heavy atom. The number of nitrogens with zero attached hydrogens (tertiary/aromatic N) is 5. The van der Waals surface area contributed by atoms with Crippen molar-refractivity contribution in [3.8, 4) is 17.2 Å². The molecule has 3 heterocycles. The van der Waals surface area contributed by atoms with Gasteiger partial charge in [0.15, 0.2) is 17.3 Å². The minimum Gasteiger partial charge on any atom is -0.497 e. The Kier molecular flexibility index (Phi) is 7.19. The molecule has 1 saturated carbocycles. The third-order valence-corrected chi connectivity index (χ3v) is 7.87. The van der Waals surface area contributed by atoms with E-state index in [2.05, 4.69) is 32.3 Å². The van der Waals surface area contributed by atoms with Crippen LogP contribution in [0.4, 0.5) is 0 Å². The molecule has 0 amide bonds. The van der Waals surface area contributed by atoms with Crippen LogP contribution in [0.1, 0.15) is 62.0 Å². The number of aromatic nitrogens is 5. The molecule has 2 aromatic heterocycles. The molecular formula is C29H34N6O4. The molecule has 1 fully saturated rings. The maximum atomic E-state index is 13.3. The van der Waals surface area contributed by atoms with E-state index < -0.39 is 0 Å². The number of tetrazole rings is 1. The fourth-order valence-electron chi connectivity index (χ4n) is 5.86. The Balaban J connectivity index is 1.32. The number of aromatic amines is 1. The number of hydrogen-bond acceptors (Lipinski definition) is 8. The average molecular weight is 531 g/mol. The maximum Gasteiger partial charge on any atom is 0.252 e. The topological polar surface area (TPSA) is 107 Å². The van der Waals surface area contributed by atoms with Gasteiger partial charge in [-0.15, -0.1) is 5.10 Å². The molecule has 0 bridgehead atoms. The fraction of sp³-hybridized carbons (Fsp3) is 0.448. The summed E-state index contributed by atoms with van der Waals surface area (Å²) < 4.78 is 18.7. The van der Waals surface area contributed by atoms with Crippen LogP contribution < -0.4 is 19.8 Å². The van der Waals surface area contributed by atoms with Gasteiger partial charge in [0.05, 0.1) is 25.2 Å². The van der Waals surface area contributed by atoms with Crippen molar-refractivity contribution in [1.82, 2.24) is 30.1 Å². The molecule has 10 nitrogen and oxygen atoms in total. The first-order chi connectivity index (χ1) is 19.1. The fourth-order valence-corrected chi connectivity index (χ4v) is 5.86. The van der Waals surface area contributed by atoms with E-state index in [0.717, 1.165) is 52.9 Å². The zero-order valence-corrected chi connectivity index (χ0v) is 22.4. The number of H-pyrrole nitrogens is 1. The minimum atomic E-state index is -0.0881. The van der Waals surface area contributed by atoms with Gasteiger partial charge < -0.3 is 19.2 Å². The van der Waals surface area contributed by atoms with Crippen LogP contribution in [0.2, 0.25) is 0 Å². The molecule has 10 heteroatoms. The van der Waals surface area contributed by atoms with Gasteiger partial charge in [0.2, 0.25) is 0 Å². The molecule has 0 radical (unpaired) electrons. The lowest BCUT2D eigenvalue weighted by Crippen LogP contribution is -2.39. The summed E-state index contributed by atoms with van der Waals surface area (Å²) in [6.45, 7) is 4.26. The predicted octanol–water partition coefficient (Wildman–Crippen LogP) is 4.24. The van der Waals surface area contributed by atoms with E-state index in [1.807, 2.05) is 47.1 Å². The number of fused-ring (bicyclic) bond motifs is 2. The number of benzene rings is 2. The quantitative estimate of drug-likeness (QED) is 0.343. The number of methoxy groups -OCH3 is 1. The van der Waals surface area contributed by atoms with Gasteiger partial charge in [0.1, 0.15) is 19.0 Å². The highest BCUT2D eigenvalue weighted by Gasteiger charge is 2.32. The van der Waals surface area contributed by atoms with Gasteiger partial charge in [-0.2, -0.15) is 0 Å². The van der Waals surface area contributed by atoms with E-state index >= 15 is 0 Å². The zero-order chi connectivity index (χ0) is 26.8. The zero-order valence-electron chi connectivity index (χ0n) is 22.4. The molecule has 2 aromatic carbocycles. The molecule has 1 aliphatic heterocycles. The summed E-state index contributed by atoms with van der Waals surface area (Å²) in [5, 5.41) is 13.8. The lowest BCUT2D eigenvalue weighted by molar-refractivity contribution is 0.112. The molecule has 39 heavy (non-hydrogen) atoms. The van der Waals surface area contributed by atoms with E-state index in [0.29, 0.717) is 43.8 Å². The van der Waals surface area contributed by atoms with E-state index in [9.17, 15) is 4.79 Å². The van der Waals surface area contributed by atoms with Crippen LogP contribution in [0.3, 0.4) is 0 Å². The summed E-state index contributed by atoms with van der Waals surface area (Å²) in [6.07, 6.45) is 5.39. The van der Waals surface area contributed by atoms with Crippen LogP contribution in [-0.4, -0.2) is 56.5 Å². The largest absolute Gasteiger partial charge is 0.497 e. The summed E-state index contributed by atoms with van der Waals surface area (Å²) in [5.41, 5.74) is 2.47. The van der Waals surface area contributed by atoms with E-state index in [1.165, 1.54) is 12.8 Å². The second-order valence-corrected chi connectivity index (χ2v) is 10.3. The van der Waals surface area contributed by atoms with E-state index in [1.54, 1.807) is 7.11 Å². The Labute approximate surface area is 226 Å². The van der Waals surface area contributed by atoms with Crippen molar-refractivity contribution >= 4 is 10.9 Å². The Hall–Kier alpha value is -3.92. The van der Waals surface area contributed by atoms with Crippen molar-refractivity contribution in [2.24, 2.45) is 0 Å². The first-order valence-corrected chi connectivity index (χ1v) is 13.7. The number of ether oxygens (including phenoxy) is 3. The highest BCUT2D eigenvalue weighted by molar-refractivity contribution is 5.83. The van der Waals surface area contributed by atoms with Gasteiger partial charge in [-0.3, -0.25) is 9.69 Å². The van der Waals surface area contributed by atoms with Gasteiger partial charge in [-0.05, 0) is 59.5 Å². The number of nitrogens with one attached hydrogen (secondary N) is 1. The molecule has 0 saturated heterocycles. The molecule has 2 aliphatic rings. The van der Waals surface area contributed by atoms with E-state index in [4.69, 9.17) is 14.2 Å². The molecule has 1 unspecified atom stereocenters. The molecule has 0 spiro atoms. The lowest BCUT2D eigenvalue weighted by atomic mass is 10.0. The third kappa shape index (κ3) is 5.21. The molecule has 4 aromatic rings. The van der Waals surface area contributed by atoms with Crippen LogP contribution in [-0.2, 0) is 13.1 Å². The summed E-state index contributed by atoms with van der Waals surface area (Å²) in [4.78, 5) is 18.8. The van der Waals surface area contributed by atoms with Crippen molar-refractivity contribution < 1.29 is 14.2 Å². The molecule has 1 atom stereocenters. The van der Waals surface area contributed by atoms with Crippen LogP contribution in [0.25, 0.3) is 10.9 Å². The molecule has 6 rings (SSSR count). The number of rotatable bonds is 9. The van der Waals surface area contributed by atoms with Crippen LogP contribution in [0.5, 0.6) is 17.2 Å². The summed E-state index contributed by atoms with van der Waals surface area (Å²) >= 11 is 0. The first kappa shape index (κ1) is 25.4. The minimum absolute atomic E-state index is 0.0308. The van der Waals surface area contributed by atoms with Gasteiger partial charge in [0.25, 0.3) is 5.56 Å². The van der Waals surface area contributed by atoms with Gasteiger partial charge in [0, 0.05) is 29.6 Å². The highest BCUT2D eigenvalue weighted by atomic mass is 16.6. The Morgan fingerprint density at radius 1 is 1.10 bits per heavy atom. The average Bonchev–Trinajstić information content (AvgIpc) is 3.66. The smallest absolute Gasteiger partial charge is 0.252 e. The monoisotopic (exact) mass is 530 g/mol. The standard InChI is InChI=1S/C29H34N6O4/c1-3-25(28-31-32-33-35(28)17-19-8-10-23(37-2)11-9-19)34(22-6-4-5-7-22)18-21-14-20-15-26-27(39-13-12-38-26)16-24(20)30-29(21)36/h8-11,14-16,22,25H,3-7,12-13,17-18H2,1-2H3,(H,30,36). The molecule has 204 valence electrons. The SMILES string of the molecule is CCC(c1nnnn1Cc1ccc(OC)cc1)N(Cc1cc2cc3c(cc2[nH]c1=O)OCCO3)C1CCCC1. The van der Waals surface area contributed by atoms with Crippen molar-refractivity contribution in [2.45, 2.75) is 64.2 Å². The Bertz CT molecular complexity index is 1490. The normalized spacial score (nSPS) is 16.2. The molecular weight excluding hydrogens is 496 g/mol. The third-order valence-electron chi connectivity index (χ3n) is 7.87. The van der Waals surface area contributed by atoms with Crippen molar-refractivity contribution in [2.75, 3.05) is 20.3 Å². The van der Waals surface area contributed by atoms with Gasteiger partial charge in [-0.1, -0.05) is 31.9 Å². The summed E-state index contributed by atoms with van der Waals surface area (Å²) in [5.74, 6) is 3.01. The van der Waals surface area contributed by atoms with Crippen LogP contribution >= 0.6 is 0 Å².